The van der Waals surface area contributed by atoms with Gasteiger partial charge in [-0.1, -0.05) is 12.8 Å². The summed E-state index contributed by atoms with van der Waals surface area (Å²) in [4.78, 5) is 23.8. The molecule has 1 fully saturated rings. The summed E-state index contributed by atoms with van der Waals surface area (Å²) in [5, 5.41) is 24.4. The standard InChI is InChI=1S/C14H22N4O4/c1-16(9-11-4-2-3-5-13(11)19)14(20)6-7-17-10-12(8-15-17)18(21)22/h8,10-11,13,19H,2-7,9H2,1H3. The Kier molecular flexibility index (Phi) is 5.48. The van der Waals surface area contributed by atoms with Crippen molar-refractivity contribution in [3.63, 3.8) is 0 Å². The maximum atomic E-state index is 12.1. The van der Waals surface area contributed by atoms with Gasteiger partial charge in [-0.05, 0) is 12.8 Å². The summed E-state index contributed by atoms with van der Waals surface area (Å²) in [6.07, 6.45) is 6.31. The zero-order valence-electron chi connectivity index (χ0n) is 12.7. The van der Waals surface area contributed by atoms with Crippen LogP contribution in [0.4, 0.5) is 5.69 Å². The van der Waals surface area contributed by atoms with Crippen molar-refractivity contribution in [3.8, 4) is 0 Å². The number of hydrogen-bond acceptors (Lipinski definition) is 5. The zero-order chi connectivity index (χ0) is 16.1. The van der Waals surface area contributed by atoms with E-state index in [1.165, 1.54) is 17.1 Å². The van der Waals surface area contributed by atoms with E-state index >= 15 is 0 Å². The first-order valence-electron chi connectivity index (χ1n) is 7.56. The largest absolute Gasteiger partial charge is 0.393 e. The average molecular weight is 310 g/mol. The first-order chi connectivity index (χ1) is 10.5. The van der Waals surface area contributed by atoms with Crippen LogP contribution in [0.25, 0.3) is 0 Å². The van der Waals surface area contributed by atoms with Crippen LogP contribution >= 0.6 is 0 Å². The molecule has 2 atom stereocenters. The van der Waals surface area contributed by atoms with Crippen molar-refractivity contribution in [2.24, 2.45) is 5.92 Å². The molecule has 1 aliphatic rings. The van der Waals surface area contributed by atoms with E-state index in [2.05, 4.69) is 5.10 Å². The second kappa shape index (κ2) is 7.35. The Bertz CT molecular complexity index is 531. The summed E-state index contributed by atoms with van der Waals surface area (Å²) >= 11 is 0. The third-order valence-corrected chi connectivity index (χ3v) is 4.19. The molecule has 2 unspecified atom stereocenters. The lowest BCUT2D eigenvalue weighted by molar-refractivity contribution is -0.385. The monoisotopic (exact) mass is 310 g/mol. The molecule has 22 heavy (non-hydrogen) atoms. The fourth-order valence-corrected chi connectivity index (χ4v) is 2.82. The molecule has 0 radical (unpaired) electrons. The average Bonchev–Trinajstić information content (AvgIpc) is 2.96. The van der Waals surface area contributed by atoms with Crippen LogP contribution in [0, 0.1) is 16.0 Å². The second-order valence-electron chi connectivity index (χ2n) is 5.85. The summed E-state index contributed by atoms with van der Waals surface area (Å²) < 4.78 is 1.40. The smallest absolute Gasteiger partial charge is 0.306 e. The molecule has 0 aliphatic heterocycles. The Morgan fingerprint density at radius 3 is 2.91 bits per heavy atom. The highest BCUT2D eigenvalue weighted by atomic mass is 16.6. The molecule has 1 amide bonds. The Balaban J connectivity index is 1.79. The van der Waals surface area contributed by atoms with Gasteiger partial charge in [0.2, 0.25) is 5.91 Å². The lowest BCUT2D eigenvalue weighted by atomic mass is 9.86. The third kappa shape index (κ3) is 4.27. The molecule has 1 saturated carbocycles. The molecule has 0 aromatic carbocycles. The van der Waals surface area contributed by atoms with Gasteiger partial charge >= 0.3 is 5.69 Å². The van der Waals surface area contributed by atoms with Crippen molar-refractivity contribution < 1.29 is 14.8 Å². The minimum Gasteiger partial charge on any atom is -0.393 e. The van der Waals surface area contributed by atoms with Crippen molar-refractivity contribution in [2.75, 3.05) is 13.6 Å². The number of nitro groups is 1. The van der Waals surface area contributed by atoms with E-state index in [0.717, 1.165) is 25.7 Å². The van der Waals surface area contributed by atoms with Gasteiger partial charge in [0, 0.05) is 32.5 Å². The van der Waals surface area contributed by atoms with E-state index in [0.29, 0.717) is 13.1 Å². The van der Waals surface area contributed by atoms with Gasteiger partial charge < -0.3 is 10.0 Å². The molecule has 1 aromatic rings. The predicted octanol–water partition coefficient (Wildman–Crippen LogP) is 1.19. The lowest BCUT2D eigenvalue weighted by Gasteiger charge is -2.31. The van der Waals surface area contributed by atoms with Crippen molar-refractivity contribution >= 4 is 11.6 Å². The maximum absolute atomic E-state index is 12.1. The fourth-order valence-electron chi connectivity index (χ4n) is 2.82. The number of hydrogen-bond donors (Lipinski definition) is 1. The highest BCUT2D eigenvalue weighted by molar-refractivity contribution is 5.75. The van der Waals surface area contributed by atoms with Crippen LogP contribution in [0.5, 0.6) is 0 Å². The number of rotatable bonds is 6. The Hall–Kier alpha value is -1.96. The van der Waals surface area contributed by atoms with E-state index < -0.39 is 4.92 Å². The summed E-state index contributed by atoms with van der Waals surface area (Å²) in [6, 6.07) is 0. The molecule has 1 aromatic heterocycles. The van der Waals surface area contributed by atoms with Gasteiger partial charge in [-0.2, -0.15) is 5.10 Å². The van der Waals surface area contributed by atoms with Gasteiger partial charge in [-0.3, -0.25) is 19.6 Å². The minimum absolute atomic E-state index is 0.0454. The number of nitrogens with zero attached hydrogens (tertiary/aromatic N) is 4. The van der Waals surface area contributed by atoms with Gasteiger partial charge in [0.1, 0.15) is 12.4 Å². The molecule has 0 bridgehead atoms. The first kappa shape index (κ1) is 16.4. The third-order valence-electron chi connectivity index (χ3n) is 4.19. The summed E-state index contributed by atoms with van der Waals surface area (Å²) in [5.41, 5.74) is -0.0777. The fraction of sp³-hybridized carbons (Fsp3) is 0.714. The van der Waals surface area contributed by atoms with E-state index in [9.17, 15) is 20.0 Å². The SMILES string of the molecule is CN(CC1CCCCC1O)C(=O)CCn1cc([N+](=O)[O-])cn1. The normalized spacial score (nSPS) is 21.5. The molecule has 1 N–H and O–H groups in total. The van der Waals surface area contributed by atoms with Crippen molar-refractivity contribution in [1.29, 1.82) is 0 Å². The van der Waals surface area contributed by atoms with E-state index in [1.54, 1.807) is 11.9 Å². The van der Waals surface area contributed by atoms with Crippen LogP contribution in [0.15, 0.2) is 12.4 Å². The molecule has 0 spiro atoms. The van der Waals surface area contributed by atoms with E-state index in [1.807, 2.05) is 0 Å². The van der Waals surface area contributed by atoms with Crippen molar-refractivity contribution in [2.45, 2.75) is 44.8 Å². The molecule has 1 heterocycles. The Morgan fingerprint density at radius 2 is 2.27 bits per heavy atom. The van der Waals surface area contributed by atoms with Gasteiger partial charge in [-0.15, -0.1) is 0 Å². The van der Waals surface area contributed by atoms with Gasteiger partial charge in [0.15, 0.2) is 0 Å². The van der Waals surface area contributed by atoms with Crippen LogP contribution in [-0.4, -0.2) is 50.3 Å². The summed E-state index contributed by atoms with van der Waals surface area (Å²) in [7, 11) is 1.73. The molecule has 1 aliphatic carbocycles. The zero-order valence-corrected chi connectivity index (χ0v) is 12.7. The van der Waals surface area contributed by atoms with Crippen LogP contribution in [0.3, 0.4) is 0 Å². The molecular weight excluding hydrogens is 288 g/mol. The van der Waals surface area contributed by atoms with Gasteiger partial charge in [0.05, 0.1) is 11.0 Å². The van der Waals surface area contributed by atoms with Crippen molar-refractivity contribution in [3.05, 3.63) is 22.5 Å². The topological polar surface area (TPSA) is 102 Å². The molecule has 8 nitrogen and oxygen atoms in total. The number of carbonyl (C=O) groups is 1. The molecule has 0 saturated heterocycles. The molecule has 8 heteroatoms. The van der Waals surface area contributed by atoms with Crippen LogP contribution in [0.2, 0.25) is 0 Å². The van der Waals surface area contributed by atoms with Gasteiger partial charge in [0.25, 0.3) is 0 Å². The molecule has 2 rings (SSSR count). The number of aliphatic hydroxyl groups excluding tert-OH is 1. The van der Waals surface area contributed by atoms with Crippen LogP contribution in [-0.2, 0) is 11.3 Å². The maximum Gasteiger partial charge on any atom is 0.306 e. The second-order valence-corrected chi connectivity index (χ2v) is 5.85. The van der Waals surface area contributed by atoms with Crippen LogP contribution < -0.4 is 0 Å². The Morgan fingerprint density at radius 1 is 1.55 bits per heavy atom. The number of aliphatic hydroxyl groups is 1. The number of aryl methyl sites for hydroxylation is 1. The van der Waals surface area contributed by atoms with Crippen molar-refractivity contribution in [1.82, 2.24) is 14.7 Å². The predicted molar refractivity (Wildman–Crippen MR) is 79.1 cm³/mol. The van der Waals surface area contributed by atoms with Gasteiger partial charge in [-0.25, -0.2) is 0 Å². The number of aromatic nitrogens is 2. The lowest BCUT2D eigenvalue weighted by Crippen LogP contribution is -2.38. The summed E-state index contributed by atoms with van der Waals surface area (Å²) in [6.45, 7) is 0.865. The Labute approximate surface area is 128 Å². The number of amides is 1. The highest BCUT2D eigenvalue weighted by Gasteiger charge is 2.25. The quantitative estimate of drug-likeness (QED) is 0.628. The molecular formula is C14H22N4O4. The molecule has 122 valence electrons. The van der Waals surface area contributed by atoms with Crippen LogP contribution in [0.1, 0.15) is 32.1 Å². The van der Waals surface area contributed by atoms with E-state index in [-0.39, 0.29) is 30.0 Å². The number of carbonyl (C=O) groups excluding carboxylic acids is 1. The minimum atomic E-state index is -0.512. The van der Waals surface area contributed by atoms with E-state index in [4.69, 9.17) is 0 Å². The first-order valence-corrected chi connectivity index (χ1v) is 7.56. The summed E-state index contributed by atoms with van der Waals surface area (Å²) in [5.74, 6) is 0.101. The highest BCUT2D eigenvalue weighted by Crippen LogP contribution is 2.25.